The quantitative estimate of drug-likeness (QED) is 0.777. The molecular formula is C10H11BrFNO4S. The Kier molecular flexibility index (Phi) is 4.83. The van der Waals surface area contributed by atoms with E-state index >= 15 is 0 Å². The molecule has 0 fully saturated rings. The number of sulfonamides is 1. The number of likely N-dealkylation sites (N-methyl/N-ethyl adjacent to an activating group) is 1. The summed E-state index contributed by atoms with van der Waals surface area (Å²) in [7, 11) is -1.47. The van der Waals surface area contributed by atoms with Crippen LogP contribution >= 0.6 is 15.9 Å². The molecule has 0 bridgehead atoms. The Morgan fingerprint density at radius 3 is 2.61 bits per heavy atom. The fourth-order valence-electron chi connectivity index (χ4n) is 1.18. The van der Waals surface area contributed by atoms with Crippen LogP contribution in [0.15, 0.2) is 27.6 Å². The summed E-state index contributed by atoms with van der Waals surface area (Å²) in [4.78, 5) is 10.9. The fourth-order valence-corrected chi connectivity index (χ4v) is 3.30. The average Bonchev–Trinajstić information content (AvgIpc) is 2.28. The van der Waals surface area contributed by atoms with E-state index in [1.165, 1.54) is 7.05 Å². The summed E-state index contributed by atoms with van der Waals surface area (Å²) in [6.45, 7) is -0.414. The molecule has 0 aliphatic rings. The van der Waals surface area contributed by atoms with Gasteiger partial charge in [-0.3, -0.25) is 4.79 Å². The summed E-state index contributed by atoms with van der Waals surface area (Å²) >= 11 is 2.97. The van der Waals surface area contributed by atoms with E-state index in [9.17, 15) is 17.6 Å². The maximum absolute atomic E-state index is 12.9. The van der Waals surface area contributed by atoms with Gasteiger partial charge in [0.2, 0.25) is 10.0 Å². The number of halogens is 2. The highest BCUT2D eigenvalue weighted by molar-refractivity contribution is 9.10. The van der Waals surface area contributed by atoms with Crippen molar-refractivity contribution in [2.24, 2.45) is 0 Å². The number of nitrogens with zero attached hydrogens (tertiary/aromatic N) is 1. The molecule has 1 aromatic rings. The Morgan fingerprint density at radius 1 is 1.50 bits per heavy atom. The molecule has 1 aromatic carbocycles. The molecule has 0 unspecified atom stereocenters. The normalized spacial score (nSPS) is 11.6. The topological polar surface area (TPSA) is 63.7 Å². The van der Waals surface area contributed by atoms with Crippen molar-refractivity contribution in [1.82, 2.24) is 4.31 Å². The number of carbonyl (C=O) groups excluding carboxylic acids is 1. The molecule has 0 spiro atoms. The molecule has 0 radical (unpaired) electrons. The number of methoxy groups -OCH3 is 1. The molecule has 0 aliphatic heterocycles. The lowest BCUT2D eigenvalue weighted by molar-refractivity contribution is -0.140. The zero-order valence-corrected chi connectivity index (χ0v) is 12.1. The molecule has 0 saturated carbocycles. The minimum Gasteiger partial charge on any atom is -0.468 e. The van der Waals surface area contributed by atoms with Gasteiger partial charge in [0, 0.05) is 11.5 Å². The van der Waals surface area contributed by atoms with Gasteiger partial charge >= 0.3 is 5.97 Å². The minimum atomic E-state index is -3.87. The molecule has 0 atom stereocenters. The third-order valence-electron chi connectivity index (χ3n) is 2.16. The smallest absolute Gasteiger partial charge is 0.321 e. The number of rotatable bonds is 4. The van der Waals surface area contributed by atoms with Crippen molar-refractivity contribution in [3.05, 3.63) is 28.5 Å². The highest BCUT2D eigenvalue weighted by Crippen LogP contribution is 2.25. The summed E-state index contributed by atoms with van der Waals surface area (Å²) in [5.41, 5.74) is 0. The van der Waals surface area contributed by atoms with E-state index in [-0.39, 0.29) is 9.37 Å². The molecule has 0 saturated heterocycles. The Morgan fingerprint density at radius 2 is 2.11 bits per heavy atom. The second kappa shape index (κ2) is 5.77. The fraction of sp³-hybridized carbons (Fsp3) is 0.300. The monoisotopic (exact) mass is 339 g/mol. The molecule has 0 heterocycles. The average molecular weight is 340 g/mol. The van der Waals surface area contributed by atoms with Crippen LogP contribution in [0.3, 0.4) is 0 Å². The van der Waals surface area contributed by atoms with E-state index in [0.29, 0.717) is 0 Å². The Bertz CT molecular complexity index is 561. The second-order valence-corrected chi connectivity index (χ2v) is 6.28. The van der Waals surface area contributed by atoms with E-state index in [2.05, 4.69) is 20.7 Å². The third-order valence-corrected chi connectivity index (χ3v) is 4.94. The van der Waals surface area contributed by atoms with Gasteiger partial charge in [0.05, 0.1) is 12.0 Å². The first kappa shape index (κ1) is 15.1. The molecule has 8 heteroatoms. The molecule has 1 rings (SSSR count). The molecule has 0 N–H and O–H groups in total. The van der Waals surface area contributed by atoms with Crippen molar-refractivity contribution in [3.63, 3.8) is 0 Å². The number of hydrogen-bond donors (Lipinski definition) is 0. The van der Waals surface area contributed by atoms with Crippen LogP contribution in [0.5, 0.6) is 0 Å². The molecule has 18 heavy (non-hydrogen) atoms. The standard InChI is InChI=1S/C10H11BrFNO4S/c1-13(6-10(14)17-2)18(15,16)9-4-3-7(12)5-8(9)11/h3-5H,6H2,1-2H3. The van der Waals surface area contributed by atoms with Crippen LogP contribution in [0.25, 0.3) is 0 Å². The number of ether oxygens (including phenoxy) is 1. The maximum atomic E-state index is 12.9. The van der Waals surface area contributed by atoms with Crippen molar-refractivity contribution >= 4 is 31.9 Å². The van der Waals surface area contributed by atoms with E-state index in [1.54, 1.807) is 0 Å². The van der Waals surface area contributed by atoms with Gasteiger partial charge in [-0.2, -0.15) is 4.31 Å². The van der Waals surface area contributed by atoms with Crippen molar-refractivity contribution in [3.8, 4) is 0 Å². The minimum absolute atomic E-state index is 0.0965. The zero-order chi connectivity index (χ0) is 13.9. The SMILES string of the molecule is COC(=O)CN(C)S(=O)(=O)c1ccc(F)cc1Br. The van der Waals surface area contributed by atoms with Crippen LogP contribution in [0, 0.1) is 5.82 Å². The maximum Gasteiger partial charge on any atom is 0.321 e. The molecule has 0 amide bonds. The summed E-state index contributed by atoms with van der Waals surface area (Å²) in [5.74, 6) is -1.24. The van der Waals surface area contributed by atoms with E-state index in [0.717, 1.165) is 29.6 Å². The third kappa shape index (κ3) is 3.27. The first-order valence-corrected chi connectivity index (χ1v) is 7.00. The van der Waals surface area contributed by atoms with Crippen molar-refractivity contribution < 1.29 is 22.3 Å². The second-order valence-electron chi connectivity index (χ2n) is 3.41. The van der Waals surface area contributed by atoms with Gasteiger partial charge < -0.3 is 4.74 Å². The van der Waals surface area contributed by atoms with E-state index in [4.69, 9.17) is 0 Å². The number of hydrogen-bond acceptors (Lipinski definition) is 4. The lowest BCUT2D eigenvalue weighted by Crippen LogP contribution is -2.32. The van der Waals surface area contributed by atoms with Crippen LogP contribution in [0.1, 0.15) is 0 Å². The predicted molar refractivity (Wildman–Crippen MR) is 65.9 cm³/mol. The van der Waals surface area contributed by atoms with Gasteiger partial charge in [0.1, 0.15) is 12.4 Å². The Hall–Kier alpha value is -0.990. The van der Waals surface area contributed by atoms with Crippen molar-refractivity contribution in [1.29, 1.82) is 0 Å². The summed E-state index contributed by atoms with van der Waals surface area (Å²) in [6.07, 6.45) is 0. The van der Waals surface area contributed by atoms with Crippen LogP contribution in [0.2, 0.25) is 0 Å². The van der Waals surface area contributed by atoms with Crippen LogP contribution < -0.4 is 0 Å². The first-order chi connectivity index (χ1) is 8.28. The molecule has 0 aromatic heterocycles. The molecule has 0 aliphatic carbocycles. The number of benzene rings is 1. The lowest BCUT2D eigenvalue weighted by atomic mass is 10.3. The van der Waals surface area contributed by atoms with Gasteiger partial charge in [-0.15, -0.1) is 0 Å². The van der Waals surface area contributed by atoms with E-state index in [1.807, 2.05) is 0 Å². The first-order valence-electron chi connectivity index (χ1n) is 4.77. The van der Waals surface area contributed by atoms with Gasteiger partial charge in [-0.1, -0.05) is 0 Å². The highest BCUT2D eigenvalue weighted by atomic mass is 79.9. The van der Waals surface area contributed by atoms with Crippen molar-refractivity contribution in [2.45, 2.75) is 4.90 Å². The van der Waals surface area contributed by atoms with E-state index < -0.39 is 28.4 Å². The Balaban J connectivity index is 3.09. The van der Waals surface area contributed by atoms with Gasteiger partial charge in [0.25, 0.3) is 0 Å². The predicted octanol–water partition coefficient (Wildman–Crippen LogP) is 1.38. The number of carbonyl (C=O) groups is 1. The van der Waals surface area contributed by atoms with Crippen LogP contribution in [-0.4, -0.2) is 39.4 Å². The lowest BCUT2D eigenvalue weighted by Gasteiger charge is -2.16. The summed E-state index contributed by atoms with van der Waals surface area (Å²) in [6, 6.07) is 3.20. The number of esters is 1. The van der Waals surface area contributed by atoms with Gasteiger partial charge in [-0.05, 0) is 34.1 Å². The molecular weight excluding hydrogens is 329 g/mol. The van der Waals surface area contributed by atoms with Crippen LogP contribution in [-0.2, 0) is 19.6 Å². The van der Waals surface area contributed by atoms with Gasteiger partial charge in [0.15, 0.2) is 0 Å². The zero-order valence-electron chi connectivity index (χ0n) is 9.68. The highest BCUT2D eigenvalue weighted by Gasteiger charge is 2.25. The van der Waals surface area contributed by atoms with Crippen LogP contribution in [0.4, 0.5) is 4.39 Å². The Labute approximate surface area is 113 Å². The molecule has 100 valence electrons. The van der Waals surface area contributed by atoms with Gasteiger partial charge in [-0.25, -0.2) is 12.8 Å². The summed E-state index contributed by atoms with van der Waals surface area (Å²) in [5, 5.41) is 0. The largest absolute Gasteiger partial charge is 0.468 e. The summed E-state index contributed by atoms with van der Waals surface area (Å²) < 4.78 is 42.4. The molecule has 5 nitrogen and oxygen atoms in total. The van der Waals surface area contributed by atoms with Crippen molar-refractivity contribution in [2.75, 3.05) is 20.7 Å².